The summed E-state index contributed by atoms with van der Waals surface area (Å²) in [6.07, 6.45) is 0.941. The summed E-state index contributed by atoms with van der Waals surface area (Å²) in [6, 6.07) is 7.71. The molecule has 0 aliphatic rings. The van der Waals surface area contributed by atoms with Crippen LogP contribution in [0.2, 0.25) is 0 Å². The second kappa shape index (κ2) is 5.26. The standard InChI is InChI=1S/C15H18N2O2/c1-10(2)19-13-7-5-12(6-8-13)15-14(9-18)16-11(3)17(15)4/h5-10H,1-4H3. The Morgan fingerprint density at radius 2 is 1.89 bits per heavy atom. The number of carbonyl (C=O) groups excluding carboxylic acids is 1. The van der Waals surface area contributed by atoms with Crippen LogP contribution in [0.1, 0.15) is 30.2 Å². The van der Waals surface area contributed by atoms with Gasteiger partial charge in [-0.05, 0) is 45.0 Å². The minimum Gasteiger partial charge on any atom is -0.491 e. The van der Waals surface area contributed by atoms with Crippen LogP contribution in [-0.4, -0.2) is 21.9 Å². The van der Waals surface area contributed by atoms with Gasteiger partial charge in [0.2, 0.25) is 0 Å². The van der Waals surface area contributed by atoms with Gasteiger partial charge >= 0.3 is 0 Å². The molecule has 0 fully saturated rings. The number of hydrogen-bond acceptors (Lipinski definition) is 3. The molecule has 1 aromatic heterocycles. The summed E-state index contributed by atoms with van der Waals surface area (Å²) in [5.74, 6) is 1.64. The van der Waals surface area contributed by atoms with Crippen molar-refractivity contribution in [2.75, 3.05) is 0 Å². The van der Waals surface area contributed by atoms with Gasteiger partial charge in [-0.3, -0.25) is 4.79 Å². The third-order valence-corrected chi connectivity index (χ3v) is 2.96. The second-order valence-corrected chi connectivity index (χ2v) is 4.76. The van der Waals surface area contributed by atoms with Gasteiger partial charge in [-0.2, -0.15) is 0 Å². The summed E-state index contributed by atoms with van der Waals surface area (Å²) in [5, 5.41) is 0. The van der Waals surface area contributed by atoms with Crippen LogP contribution in [0, 0.1) is 6.92 Å². The monoisotopic (exact) mass is 258 g/mol. The van der Waals surface area contributed by atoms with Crippen molar-refractivity contribution in [2.45, 2.75) is 26.9 Å². The number of aromatic nitrogens is 2. The molecular weight excluding hydrogens is 240 g/mol. The quantitative estimate of drug-likeness (QED) is 0.792. The SMILES string of the molecule is Cc1nc(C=O)c(-c2ccc(OC(C)C)cc2)n1C. The summed E-state index contributed by atoms with van der Waals surface area (Å²) in [7, 11) is 1.91. The molecule has 2 rings (SSSR count). The lowest BCUT2D eigenvalue weighted by molar-refractivity contribution is 0.112. The van der Waals surface area contributed by atoms with Gasteiger partial charge in [-0.1, -0.05) is 0 Å². The average molecular weight is 258 g/mol. The van der Waals surface area contributed by atoms with E-state index in [4.69, 9.17) is 4.74 Å². The molecule has 0 saturated heterocycles. The van der Waals surface area contributed by atoms with Crippen LogP contribution in [0.15, 0.2) is 24.3 Å². The highest BCUT2D eigenvalue weighted by Gasteiger charge is 2.13. The number of carbonyl (C=O) groups is 1. The summed E-state index contributed by atoms with van der Waals surface area (Å²) in [5.41, 5.74) is 2.27. The van der Waals surface area contributed by atoms with Gasteiger partial charge in [0.25, 0.3) is 0 Å². The number of nitrogens with zero attached hydrogens (tertiary/aromatic N) is 2. The Balaban J connectivity index is 2.40. The number of hydrogen-bond donors (Lipinski definition) is 0. The molecule has 100 valence electrons. The number of benzene rings is 1. The molecule has 0 saturated carbocycles. The topological polar surface area (TPSA) is 44.1 Å². The molecule has 0 N–H and O–H groups in total. The fraction of sp³-hybridized carbons (Fsp3) is 0.333. The molecule has 0 spiro atoms. The van der Waals surface area contributed by atoms with E-state index in [1.54, 1.807) is 0 Å². The maximum absolute atomic E-state index is 11.1. The lowest BCUT2D eigenvalue weighted by Gasteiger charge is -2.10. The van der Waals surface area contributed by atoms with Gasteiger partial charge in [-0.25, -0.2) is 4.98 Å². The van der Waals surface area contributed by atoms with E-state index in [2.05, 4.69) is 4.98 Å². The number of imidazole rings is 1. The molecule has 0 aliphatic heterocycles. The van der Waals surface area contributed by atoms with Crippen molar-refractivity contribution in [1.29, 1.82) is 0 Å². The van der Waals surface area contributed by atoms with Gasteiger partial charge in [-0.15, -0.1) is 0 Å². The first-order chi connectivity index (χ1) is 9.02. The van der Waals surface area contributed by atoms with Crippen molar-refractivity contribution in [2.24, 2.45) is 7.05 Å². The average Bonchev–Trinajstić information content (AvgIpc) is 2.66. The molecule has 0 unspecified atom stereocenters. The zero-order valence-corrected chi connectivity index (χ0v) is 11.7. The van der Waals surface area contributed by atoms with E-state index < -0.39 is 0 Å². The molecule has 4 nitrogen and oxygen atoms in total. The van der Waals surface area contributed by atoms with Crippen molar-refractivity contribution in [3.63, 3.8) is 0 Å². The zero-order valence-electron chi connectivity index (χ0n) is 11.7. The maximum Gasteiger partial charge on any atom is 0.170 e. The van der Waals surface area contributed by atoms with E-state index in [0.717, 1.165) is 29.1 Å². The first-order valence-electron chi connectivity index (χ1n) is 6.28. The number of aryl methyl sites for hydroxylation is 1. The van der Waals surface area contributed by atoms with Gasteiger partial charge in [0.15, 0.2) is 6.29 Å². The molecule has 0 aliphatic carbocycles. The Labute approximate surface area is 113 Å². The summed E-state index contributed by atoms with van der Waals surface area (Å²) in [6.45, 7) is 5.86. The summed E-state index contributed by atoms with van der Waals surface area (Å²) in [4.78, 5) is 15.3. The number of aldehydes is 1. The molecular formula is C15H18N2O2. The van der Waals surface area contributed by atoms with Crippen LogP contribution in [0.25, 0.3) is 11.3 Å². The van der Waals surface area contributed by atoms with Crippen LogP contribution in [0.4, 0.5) is 0 Å². The third kappa shape index (κ3) is 2.67. The van der Waals surface area contributed by atoms with Gasteiger partial charge in [0.05, 0.1) is 11.8 Å². The Hall–Kier alpha value is -2.10. The van der Waals surface area contributed by atoms with E-state index >= 15 is 0 Å². The van der Waals surface area contributed by atoms with Crippen LogP contribution in [0.5, 0.6) is 5.75 Å². The Bertz CT molecular complexity index is 583. The van der Waals surface area contributed by atoms with E-state index in [0.29, 0.717) is 5.69 Å². The Morgan fingerprint density at radius 3 is 2.42 bits per heavy atom. The number of rotatable bonds is 4. The fourth-order valence-corrected chi connectivity index (χ4v) is 2.02. The zero-order chi connectivity index (χ0) is 14.0. The lowest BCUT2D eigenvalue weighted by atomic mass is 10.1. The molecule has 4 heteroatoms. The number of ether oxygens (including phenoxy) is 1. The van der Waals surface area contributed by atoms with E-state index in [9.17, 15) is 4.79 Å². The Kier molecular flexibility index (Phi) is 3.69. The van der Waals surface area contributed by atoms with Crippen molar-refractivity contribution >= 4 is 6.29 Å². The summed E-state index contributed by atoms with van der Waals surface area (Å²) < 4.78 is 7.52. The largest absolute Gasteiger partial charge is 0.491 e. The van der Waals surface area contributed by atoms with Crippen molar-refractivity contribution in [3.05, 3.63) is 35.8 Å². The molecule has 0 bridgehead atoms. The molecule has 2 aromatic rings. The highest BCUT2D eigenvalue weighted by Crippen LogP contribution is 2.25. The molecule has 19 heavy (non-hydrogen) atoms. The van der Waals surface area contributed by atoms with E-state index in [1.165, 1.54) is 0 Å². The van der Waals surface area contributed by atoms with Crippen LogP contribution < -0.4 is 4.74 Å². The van der Waals surface area contributed by atoms with E-state index in [1.807, 2.05) is 56.7 Å². The smallest absolute Gasteiger partial charge is 0.170 e. The lowest BCUT2D eigenvalue weighted by Crippen LogP contribution is -2.05. The van der Waals surface area contributed by atoms with Crippen LogP contribution >= 0.6 is 0 Å². The van der Waals surface area contributed by atoms with Crippen molar-refractivity contribution in [3.8, 4) is 17.0 Å². The molecule has 0 amide bonds. The summed E-state index contributed by atoms with van der Waals surface area (Å²) >= 11 is 0. The van der Waals surface area contributed by atoms with Crippen LogP contribution in [0.3, 0.4) is 0 Å². The molecule has 0 atom stereocenters. The third-order valence-electron chi connectivity index (χ3n) is 2.96. The van der Waals surface area contributed by atoms with Crippen molar-refractivity contribution < 1.29 is 9.53 Å². The fourth-order valence-electron chi connectivity index (χ4n) is 2.02. The van der Waals surface area contributed by atoms with Crippen molar-refractivity contribution in [1.82, 2.24) is 9.55 Å². The highest BCUT2D eigenvalue weighted by atomic mass is 16.5. The van der Waals surface area contributed by atoms with Crippen LogP contribution in [-0.2, 0) is 7.05 Å². The minimum atomic E-state index is 0.148. The first kappa shape index (κ1) is 13.3. The van der Waals surface area contributed by atoms with Gasteiger partial charge in [0, 0.05) is 12.6 Å². The Morgan fingerprint density at radius 1 is 1.26 bits per heavy atom. The van der Waals surface area contributed by atoms with Gasteiger partial charge < -0.3 is 9.30 Å². The predicted octanol–water partition coefficient (Wildman–Crippen LogP) is 3.00. The maximum atomic E-state index is 11.1. The molecule has 1 heterocycles. The second-order valence-electron chi connectivity index (χ2n) is 4.76. The first-order valence-corrected chi connectivity index (χ1v) is 6.28. The predicted molar refractivity (Wildman–Crippen MR) is 74.5 cm³/mol. The van der Waals surface area contributed by atoms with E-state index in [-0.39, 0.29) is 6.10 Å². The van der Waals surface area contributed by atoms with Gasteiger partial charge in [0.1, 0.15) is 17.3 Å². The normalized spacial score (nSPS) is 10.8. The highest BCUT2D eigenvalue weighted by molar-refractivity contribution is 5.84. The minimum absolute atomic E-state index is 0.148. The molecule has 1 aromatic carbocycles. The molecule has 0 radical (unpaired) electrons.